The van der Waals surface area contributed by atoms with Crippen LogP contribution in [-0.4, -0.2) is 20.9 Å². The average Bonchev–Trinajstić information content (AvgIpc) is 2.17. The highest BCUT2D eigenvalue weighted by molar-refractivity contribution is 9.10. The van der Waals surface area contributed by atoms with Crippen LogP contribution in [0, 0.1) is 6.92 Å². The zero-order valence-corrected chi connectivity index (χ0v) is 8.00. The van der Waals surface area contributed by atoms with Gasteiger partial charge in [0, 0.05) is 0 Å². The molecule has 1 heterocycles. The van der Waals surface area contributed by atoms with Crippen LogP contribution in [0.4, 0.5) is 5.82 Å². The van der Waals surface area contributed by atoms with E-state index >= 15 is 0 Å². The van der Waals surface area contributed by atoms with Gasteiger partial charge in [0.05, 0.1) is 10.2 Å². The second-order valence-electron chi connectivity index (χ2n) is 2.34. The molecule has 0 fully saturated rings. The second-order valence-corrected chi connectivity index (χ2v) is 3.13. The molecule has 0 atom stereocenters. The van der Waals surface area contributed by atoms with Crippen molar-refractivity contribution >= 4 is 27.7 Å². The largest absolute Gasteiger partial charge is 0.480 e. The standard InChI is InChI=1S/C6H8BrN3O2/c1-3-5(7)6(8)10(9-3)2-4(11)12/h2,8H2,1H3,(H,11,12). The highest BCUT2D eigenvalue weighted by atomic mass is 79.9. The fourth-order valence-corrected chi connectivity index (χ4v) is 1.11. The monoisotopic (exact) mass is 233 g/mol. The van der Waals surface area contributed by atoms with Crippen LogP contribution in [0.3, 0.4) is 0 Å². The molecule has 0 aliphatic rings. The lowest BCUT2D eigenvalue weighted by Crippen LogP contribution is -2.12. The van der Waals surface area contributed by atoms with Gasteiger partial charge in [-0.2, -0.15) is 5.10 Å². The number of hydrogen-bond acceptors (Lipinski definition) is 3. The van der Waals surface area contributed by atoms with Crippen LogP contribution in [0.25, 0.3) is 0 Å². The maximum absolute atomic E-state index is 10.3. The van der Waals surface area contributed by atoms with Gasteiger partial charge in [-0.25, -0.2) is 4.68 Å². The molecule has 5 nitrogen and oxygen atoms in total. The number of anilines is 1. The van der Waals surface area contributed by atoms with E-state index < -0.39 is 5.97 Å². The molecular formula is C6H8BrN3O2. The predicted molar refractivity (Wildman–Crippen MR) is 46.7 cm³/mol. The number of aromatic nitrogens is 2. The van der Waals surface area contributed by atoms with Crippen molar-refractivity contribution in [1.82, 2.24) is 9.78 Å². The summed E-state index contributed by atoms with van der Waals surface area (Å²) in [5.41, 5.74) is 6.23. The number of aryl methyl sites for hydroxylation is 1. The summed E-state index contributed by atoms with van der Waals surface area (Å²) in [6.07, 6.45) is 0. The van der Waals surface area contributed by atoms with E-state index in [4.69, 9.17) is 10.8 Å². The van der Waals surface area contributed by atoms with Gasteiger partial charge in [-0.3, -0.25) is 4.79 Å². The molecule has 0 saturated carbocycles. The van der Waals surface area contributed by atoms with Crippen molar-refractivity contribution in [3.05, 3.63) is 10.2 Å². The molecule has 3 N–H and O–H groups in total. The van der Waals surface area contributed by atoms with Crippen molar-refractivity contribution in [1.29, 1.82) is 0 Å². The Balaban J connectivity index is 3.01. The number of halogens is 1. The van der Waals surface area contributed by atoms with Crippen molar-refractivity contribution in [3.8, 4) is 0 Å². The fraction of sp³-hybridized carbons (Fsp3) is 0.333. The van der Waals surface area contributed by atoms with Crippen LogP contribution in [0.15, 0.2) is 4.47 Å². The predicted octanol–water partition coefficient (Wildman–Crippen LogP) is 0.621. The molecule has 0 spiro atoms. The number of carboxylic acids is 1. The molecule has 0 amide bonds. The summed E-state index contributed by atoms with van der Waals surface area (Å²) in [5, 5.41) is 12.4. The number of hydrogen-bond donors (Lipinski definition) is 2. The maximum atomic E-state index is 10.3. The quantitative estimate of drug-likeness (QED) is 0.785. The van der Waals surface area contributed by atoms with E-state index in [2.05, 4.69) is 21.0 Å². The molecule has 0 radical (unpaired) electrons. The third kappa shape index (κ3) is 1.58. The van der Waals surface area contributed by atoms with Gasteiger partial charge in [0.25, 0.3) is 0 Å². The molecular weight excluding hydrogens is 226 g/mol. The van der Waals surface area contributed by atoms with Crippen molar-refractivity contribution in [2.24, 2.45) is 0 Å². The second kappa shape index (κ2) is 3.14. The Hall–Kier alpha value is -1.04. The van der Waals surface area contributed by atoms with E-state index in [0.29, 0.717) is 16.0 Å². The first-order chi connectivity index (χ1) is 5.52. The van der Waals surface area contributed by atoms with Gasteiger partial charge in [0.2, 0.25) is 0 Å². The molecule has 0 aromatic carbocycles. The van der Waals surface area contributed by atoms with Crippen LogP contribution in [0.2, 0.25) is 0 Å². The molecule has 12 heavy (non-hydrogen) atoms. The Morgan fingerprint density at radius 2 is 2.42 bits per heavy atom. The number of nitrogens with two attached hydrogens (primary N) is 1. The van der Waals surface area contributed by atoms with Gasteiger partial charge in [-0.05, 0) is 22.9 Å². The number of rotatable bonds is 2. The molecule has 0 aliphatic heterocycles. The van der Waals surface area contributed by atoms with Crippen molar-refractivity contribution < 1.29 is 9.90 Å². The average molecular weight is 234 g/mol. The Bertz CT molecular complexity index is 321. The topological polar surface area (TPSA) is 81.1 Å². The first-order valence-electron chi connectivity index (χ1n) is 3.22. The van der Waals surface area contributed by atoms with Crippen LogP contribution in [-0.2, 0) is 11.3 Å². The van der Waals surface area contributed by atoms with Crippen molar-refractivity contribution in [3.63, 3.8) is 0 Å². The number of carbonyl (C=O) groups is 1. The van der Waals surface area contributed by atoms with E-state index in [1.54, 1.807) is 6.92 Å². The molecule has 0 saturated heterocycles. The van der Waals surface area contributed by atoms with E-state index in [9.17, 15) is 4.79 Å². The minimum absolute atomic E-state index is 0.210. The van der Waals surface area contributed by atoms with Crippen molar-refractivity contribution in [2.45, 2.75) is 13.5 Å². The summed E-state index contributed by atoms with van der Waals surface area (Å²) in [4.78, 5) is 10.3. The summed E-state index contributed by atoms with van der Waals surface area (Å²) in [6.45, 7) is 1.54. The van der Waals surface area contributed by atoms with Crippen LogP contribution < -0.4 is 5.73 Å². The Labute approximate surface area is 77.3 Å². The lowest BCUT2D eigenvalue weighted by atomic mass is 10.5. The normalized spacial score (nSPS) is 10.2. The highest BCUT2D eigenvalue weighted by Crippen LogP contribution is 2.22. The van der Waals surface area contributed by atoms with E-state index in [1.165, 1.54) is 4.68 Å². The number of nitrogen functional groups attached to an aromatic ring is 1. The molecule has 1 aromatic heterocycles. The van der Waals surface area contributed by atoms with Gasteiger partial charge in [0.1, 0.15) is 12.4 Å². The van der Waals surface area contributed by atoms with Gasteiger partial charge in [-0.1, -0.05) is 0 Å². The molecule has 1 rings (SSSR count). The van der Waals surface area contributed by atoms with Crippen LogP contribution in [0.5, 0.6) is 0 Å². The summed E-state index contributed by atoms with van der Waals surface area (Å²) < 4.78 is 1.89. The summed E-state index contributed by atoms with van der Waals surface area (Å²) in [6, 6.07) is 0. The Morgan fingerprint density at radius 1 is 1.83 bits per heavy atom. The first-order valence-corrected chi connectivity index (χ1v) is 4.02. The summed E-state index contributed by atoms with van der Waals surface area (Å²) in [7, 11) is 0. The SMILES string of the molecule is Cc1nn(CC(=O)O)c(N)c1Br. The first kappa shape index (κ1) is 9.05. The third-order valence-electron chi connectivity index (χ3n) is 1.38. The molecule has 1 aromatic rings. The van der Waals surface area contributed by atoms with E-state index in [0.717, 1.165) is 0 Å². The molecule has 0 bridgehead atoms. The van der Waals surface area contributed by atoms with Gasteiger partial charge in [0.15, 0.2) is 0 Å². The molecule has 0 unspecified atom stereocenters. The summed E-state index contributed by atoms with van der Waals surface area (Å²) >= 11 is 3.19. The van der Waals surface area contributed by atoms with Crippen LogP contribution >= 0.6 is 15.9 Å². The minimum atomic E-state index is -0.961. The lowest BCUT2D eigenvalue weighted by Gasteiger charge is -1.97. The van der Waals surface area contributed by atoms with Gasteiger partial charge >= 0.3 is 5.97 Å². The highest BCUT2D eigenvalue weighted by Gasteiger charge is 2.11. The zero-order chi connectivity index (χ0) is 9.30. The van der Waals surface area contributed by atoms with Crippen LogP contribution in [0.1, 0.15) is 5.69 Å². The van der Waals surface area contributed by atoms with Gasteiger partial charge in [-0.15, -0.1) is 0 Å². The minimum Gasteiger partial charge on any atom is -0.480 e. The smallest absolute Gasteiger partial charge is 0.325 e. The third-order valence-corrected chi connectivity index (χ3v) is 2.36. The number of nitrogens with zero attached hydrogens (tertiary/aromatic N) is 2. The van der Waals surface area contributed by atoms with Crippen molar-refractivity contribution in [2.75, 3.05) is 5.73 Å². The lowest BCUT2D eigenvalue weighted by molar-refractivity contribution is -0.137. The van der Waals surface area contributed by atoms with E-state index in [1.807, 2.05) is 0 Å². The number of aliphatic carboxylic acids is 1. The van der Waals surface area contributed by atoms with Gasteiger partial charge < -0.3 is 10.8 Å². The molecule has 6 heteroatoms. The zero-order valence-electron chi connectivity index (χ0n) is 6.41. The molecule has 0 aliphatic carbocycles. The fourth-order valence-electron chi connectivity index (χ4n) is 0.826. The Kier molecular flexibility index (Phi) is 2.37. The molecule has 66 valence electrons. The maximum Gasteiger partial charge on any atom is 0.325 e. The van der Waals surface area contributed by atoms with E-state index in [-0.39, 0.29) is 6.54 Å². The number of carboxylic acid groups (broad SMARTS) is 1. The summed E-state index contributed by atoms with van der Waals surface area (Å²) in [5.74, 6) is -0.619. The Morgan fingerprint density at radius 3 is 2.75 bits per heavy atom.